The van der Waals surface area contributed by atoms with Crippen molar-refractivity contribution in [3.63, 3.8) is 0 Å². The predicted molar refractivity (Wildman–Crippen MR) is 126 cm³/mol. The van der Waals surface area contributed by atoms with Crippen LogP contribution in [0.15, 0.2) is 47.5 Å². The van der Waals surface area contributed by atoms with E-state index < -0.39 is 0 Å². The van der Waals surface area contributed by atoms with Crippen molar-refractivity contribution in [3.05, 3.63) is 42.5 Å². The summed E-state index contributed by atoms with van der Waals surface area (Å²) in [6.07, 6.45) is 2.98. The van der Waals surface area contributed by atoms with Crippen LogP contribution in [-0.4, -0.2) is 33.9 Å². The van der Waals surface area contributed by atoms with E-state index in [9.17, 15) is 4.79 Å². The minimum Gasteiger partial charge on any atom is -0.281 e. The summed E-state index contributed by atoms with van der Waals surface area (Å²) < 4.78 is 0. The van der Waals surface area contributed by atoms with Gasteiger partial charge in [0.2, 0.25) is 0 Å². The number of thioether (sulfide) groups is 2. The van der Waals surface area contributed by atoms with Crippen LogP contribution >= 0.6 is 23.5 Å². The van der Waals surface area contributed by atoms with Crippen molar-refractivity contribution in [1.29, 1.82) is 0 Å². The molecule has 150 valence electrons. The van der Waals surface area contributed by atoms with Gasteiger partial charge in [-0.15, -0.1) is 0 Å². The first kappa shape index (κ1) is 21.3. The number of amidine groups is 1. The molecule has 0 aromatic heterocycles. The molecule has 1 heterocycles. The first-order valence-electron chi connectivity index (χ1n) is 9.91. The Kier molecular flexibility index (Phi) is 6.77. The molecule has 0 N–H and O–H groups in total. The molecule has 1 saturated heterocycles. The van der Waals surface area contributed by atoms with Gasteiger partial charge in [0.15, 0.2) is 5.17 Å². The predicted octanol–water partition coefficient (Wildman–Crippen LogP) is 7.05. The maximum absolute atomic E-state index is 12.8. The van der Waals surface area contributed by atoms with E-state index >= 15 is 0 Å². The number of hydrogen-bond donors (Lipinski definition) is 0. The molecule has 0 aliphatic carbocycles. The number of hydrogen-bond acceptors (Lipinski definition) is 4. The van der Waals surface area contributed by atoms with Crippen molar-refractivity contribution in [2.24, 2.45) is 22.2 Å². The van der Waals surface area contributed by atoms with Crippen LogP contribution in [0.4, 0.5) is 10.5 Å². The summed E-state index contributed by atoms with van der Waals surface area (Å²) in [5, 5.41) is 3.21. The van der Waals surface area contributed by atoms with Gasteiger partial charge in [-0.1, -0.05) is 87.6 Å². The van der Waals surface area contributed by atoms with Crippen LogP contribution < -0.4 is 0 Å². The van der Waals surface area contributed by atoms with Gasteiger partial charge in [0.25, 0.3) is 5.24 Å². The molecule has 1 unspecified atom stereocenters. The molecular weight excluding hydrogens is 384 g/mol. The number of nitrogens with zero attached hydrogens (tertiary/aromatic N) is 2. The second kappa shape index (κ2) is 8.91. The molecule has 5 heteroatoms. The quantitative estimate of drug-likeness (QED) is 0.537. The Balaban J connectivity index is 2.01. The Bertz CT molecular complexity index is 873. The highest BCUT2D eigenvalue weighted by atomic mass is 32.2. The monoisotopic (exact) mass is 414 g/mol. The van der Waals surface area contributed by atoms with E-state index in [0.29, 0.717) is 11.8 Å². The summed E-state index contributed by atoms with van der Waals surface area (Å²) in [5.41, 5.74) is 1.06. The summed E-state index contributed by atoms with van der Waals surface area (Å²) in [6.45, 7) is 9.87. The molecular formula is C23H30N2OS2. The van der Waals surface area contributed by atoms with Crippen LogP contribution in [0.2, 0.25) is 0 Å². The Morgan fingerprint density at radius 2 is 1.89 bits per heavy atom. The fourth-order valence-corrected chi connectivity index (χ4v) is 5.84. The number of rotatable bonds is 4. The standard InChI is InChI=1S/C23H30N2OS2/c1-16(2)13-23(17(3)4)14-25(22(26)27-5)21(28-15-23)24-20-12-8-10-18-9-6-7-11-19(18)20/h6-12,16-17H,13-15H2,1-5H3. The summed E-state index contributed by atoms with van der Waals surface area (Å²) in [7, 11) is 0. The van der Waals surface area contributed by atoms with Crippen molar-refractivity contribution >= 4 is 50.4 Å². The Morgan fingerprint density at radius 1 is 1.18 bits per heavy atom. The van der Waals surface area contributed by atoms with Crippen LogP contribution in [-0.2, 0) is 0 Å². The maximum atomic E-state index is 12.8. The maximum Gasteiger partial charge on any atom is 0.287 e. The third-order valence-electron chi connectivity index (χ3n) is 5.61. The van der Waals surface area contributed by atoms with Crippen molar-refractivity contribution in [1.82, 2.24) is 4.90 Å². The smallest absolute Gasteiger partial charge is 0.281 e. The SMILES string of the molecule is CSC(=O)N1CC(CC(C)C)(C(C)C)CSC1=Nc1cccc2ccccc12. The van der Waals surface area contributed by atoms with Crippen LogP contribution in [0.25, 0.3) is 10.8 Å². The lowest BCUT2D eigenvalue weighted by molar-refractivity contribution is 0.142. The zero-order valence-electron chi connectivity index (χ0n) is 17.4. The molecule has 0 spiro atoms. The van der Waals surface area contributed by atoms with Crippen molar-refractivity contribution in [2.75, 3.05) is 18.6 Å². The zero-order chi connectivity index (χ0) is 20.3. The fourth-order valence-electron chi connectivity index (χ4n) is 3.99. The zero-order valence-corrected chi connectivity index (χ0v) is 19.1. The number of amides is 1. The van der Waals surface area contributed by atoms with Crippen molar-refractivity contribution < 1.29 is 4.79 Å². The van der Waals surface area contributed by atoms with E-state index in [1.165, 1.54) is 17.1 Å². The third-order valence-corrected chi connectivity index (χ3v) is 7.47. The van der Waals surface area contributed by atoms with Gasteiger partial charge in [0, 0.05) is 23.1 Å². The van der Waals surface area contributed by atoms with E-state index in [-0.39, 0.29) is 10.7 Å². The second-order valence-electron chi connectivity index (χ2n) is 8.35. The van der Waals surface area contributed by atoms with Gasteiger partial charge in [-0.2, -0.15) is 0 Å². The highest BCUT2D eigenvalue weighted by Gasteiger charge is 2.43. The minimum absolute atomic E-state index is 0.0833. The summed E-state index contributed by atoms with van der Waals surface area (Å²) >= 11 is 3.01. The second-order valence-corrected chi connectivity index (χ2v) is 10.1. The largest absolute Gasteiger partial charge is 0.287 e. The topological polar surface area (TPSA) is 32.7 Å². The fraction of sp³-hybridized carbons (Fsp3) is 0.478. The molecule has 0 saturated carbocycles. The number of fused-ring (bicyclic) bond motifs is 1. The molecule has 1 fully saturated rings. The van der Waals surface area contributed by atoms with Gasteiger partial charge in [-0.25, -0.2) is 4.99 Å². The minimum atomic E-state index is 0.0833. The molecule has 28 heavy (non-hydrogen) atoms. The lowest BCUT2D eigenvalue weighted by atomic mass is 9.72. The van der Waals surface area contributed by atoms with Gasteiger partial charge in [0.1, 0.15) is 0 Å². The normalized spacial score (nSPS) is 21.8. The van der Waals surface area contributed by atoms with Gasteiger partial charge < -0.3 is 0 Å². The van der Waals surface area contributed by atoms with Gasteiger partial charge in [0.05, 0.1) is 5.69 Å². The van der Waals surface area contributed by atoms with Crippen LogP contribution in [0, 0.1) is 17.3 Å². The molecule has 1 atom stereocenters. The molecule has 0 radical (unpaired) electrons. The molecule has 2 aromatic carbocycles. The van der Waals surface area contributed by atoms with E-state index in [1.807, 2.05) is 35.4 Å². The van der Waals surface area contributed by atoms with E-state index in [4.69, 9.17) is 4.99 Å². The Labute approximate surface area is 177 Å². The molecule has 3 nitrogen and oxygen atoms in total. The van der Waals surface area contributed by atoms with Gasteiger partial charge >= 0.3 is 0 Å². The molecule has 2 aromatic rings. The van der Waals surface area contributed by atoms with Crippen LogP contribution in [0.1, 0.15) is 34.1 Å². The van der Waals surface area contributed by atoms with E-state index in [2.05, 4.69) is 45.9 Å². The molecule has 0 bridgehead atoms. The Morgan fingerprint density at radius 3 is 2.57 bits per heavy atom. The highest BCUT2D eigenvalue weighted by molar-refractivity contribution is 8.15. The van der Waals surface area contributed by atoms with Crippen molar-refractivity contribution in [2.45, 2.75) is 34.1 Å². The lowest BCUT2D eigenvalue weighted by Crippen LogP contribution is -2.51. The van der Waals surface area contributed by atoms with Gasteiger partial charge in [-0.05, 0) is 36.0 Å². The van der Waals surface area contributed by atoms with Crippen molar-refractivity contribution in [3.8, 4) is 0 Å². The van der Waals surface area contributed by atoms with Crippen LogP contribution in [0.3, 0.4) is 0 Å². The number of carbonyl (C=O) groups is 1. The number of benzene rings is 2. The summed E-state index contributed by atoms with van der Waals surface area (Å²) in [4.78, 5) is 19.7. The molecule has 1 amide bonds. The average molecular weight is 415 g/mol. The van der Waals surface area contributed by atoms with E-state index in [1.54, 1.807) is 11.8 Å². The Hall–Kier alpha value is -1.46. The number of carbonyl (C=O) groups excluding carboxylic acids is 1. The molecule has 3 rings (SSSR count). The number of aliphatic imine (C=N–C) groups is 1. The average Bonchev–Trinajstić information content (AvgIpc) is 2.68. The first-order valence-corrected chi connectivity index (χ1v) is 12.1. The van der Waals surface area contributed by atoms with Crippen LogP contribution in [0.5, 0.6) is 0 Å². The molecule has 1 aliphatic rings. The van der Waals surface area contributed by atoms with Gasteiger partial charge in [-0.3, -0.25) is 9.69 Å². The molecule has 1 aliphatic heterocycles. The summed E-state index contributed by atoms with van der Waals surface area (Å²) in [5.74, 6) is 2.12. The highest BCUT2D eigenvalue weighted by Crippen LogP contribution is 2.44. The first-order chi connectivity index (χ1) is 13.4. The van der Waals surface area contributed by atoms with E-state index in [0.717, 1.165) is 35.0 Å². The lowest BCUT2D eigenvalue weighted by Gasteiger charge is -2.46. The summed E-state index contributed by atoms with van der Waals surface area (Å²) in [6, 6.07) is 14.5. The third kappa shape index (κ3) is 4.41.